The van der Waals surface area contributed by atoms with Crippen LogP contribution in [0.2, 0.25) is 0 Å². The van der Waals surface area contributed by atoms with Crippen LogP contribution >= 0.6 is 0 Å². The molecule has 150 valence electrons. The fourth-order valence-corrected chi connectivity index (χ4v) is 4.85. The molecular formula is C24H24O4S. The normalized spacial score (nSPS) is 15.8. The predicted octanol–water partition coefficient (Wildman–Crippen LogP) is 5.29. The maximum atomic E-state index is 12.5. The Morgan fingerprint density at radius 3 is 2.41 bits per heavy atom. The maximum Gasteiger partial charge on any atom is 0.297 e. The lowest BCUT2D eigenvalue weighted by Gasteiger charge is -2.17. The fourth-order valence-electron chi connectivity index (χ4n) is 3.96. The molecule has 0 saturated heterocycles. The van der Waals surface area contributed by atoms with Gasteiger partial charge in [0.25, 0.3) is 10.1 Å². The molecule has 0 bridgehead atoms. The summed E-state index contributed by atoms with van der Waals surface area (Å²) in [6.45, 7) is 6.08. The number of benzene rings is 3. The Kier molecular flexibility index (Phi) is 4.97. The molecule has 1 aliphatic rings. The van der Waals surface area contributed by atoms with Gasteiger partial charge in [0, 0.05) is 17.5 Å². The summed E-state index contributed by atoms with van der Waals surface area (Å²) in [5, 5.41) is 0. The minimum absolute atomic E-state index is 0.164. The molecule has 0 radical (unpaired) electrons. The second-order valence-electron chi connectivity index (χ2n) is 7.64. The molecule has 1 aliphatic heterocycles. The van der Waals surface area contributed by atoms with Crippen molar-refractivity contribution in [2.45, 2.75) is 38.2 Å². The molecule has 4 nitrogen and oxygen atoms in total. The van der Waals surface area contributed by atoms with E-state index in [1.54, 1.807) is 12.1 Å². The number of aryl methyl sites for hydroxylation is 3. The van der Waals surface area contributed by atoms with E-state index in [2.05, 4.69) is 44.2 Å². The summed E-state index contributed by atoms with van der Waals surface area (Å²) in [6, 6.07) is 17.8. The second-order valence-corrected chi connectivity index (χ2v) is 9.32. The van der Waals surface area contributed by atoms with Crippen LogP contribution in [0.25, 0.3) is 11.1 Å². The van der Waals surface area contributed by atoms with Crippen LogP contribution in [0.15, 0.2) is 59.5 Å². The van der Waals surface area contributed by atoms with E-state index in [-0.39, 0.29) is 11.0 Å². The monoisotopic (exact) mass is 408 g/mol. The largest absolute Gasteiger partial charge is 0.484 e. The third-order valence-corrected chi connectivity index (χ3v) is 6.65. The SMILES string of the molecule is COS(=O)(=O)c1ccc(C)cc1C1Cc2cc(C)cc(-c3cccc(C)c3)c2O1. The summed E-state index contributed by atoms with van der Waals surface area (Å²) < 4.78 is 36.1. The zero-order chi connectivity index (χ0) is 20.8. The van der Waals surface area contributed by atoms with E-state index in [4.69, 9.17) is 8.92 Å². The van der Waals surface area contributed by atoms with E-state index in [1.165, 1.54) is 12.7 Å². The molecule has 0 saturated carbocycles. The van der Waals surface area contributed by atoms with Crippen molar-refractivity contribution in [3.8, 4) is 16.9 Å². The molecular weight excluding hydrogens is 384 g/mol. The van der Waals surface area contributed by atoms with Crippen LogP contribution in [0, 0.1) is 20.8 Å². The number of hydrogen-bond donors (Lipinski definition) is 0. The van der Waals surface area contributed by atoms with E-state index < -0.39 is 10.1 Å². The predicted molar refractivity (Wildman–Crippen MR) is 114 cm³/mol. The quantitative estimate of drug-likeness (QED) is 0.551. The summed E-state index contributed by atoms with van der Waals surface area (Å²) in [5.74, 6) is 0.827. The highest BCUT2D eigenvalue weighted by atomic mass is 32.2. The van der Waals surface area contributed by atoms with Gasteiger partial charge < -0.3 is 4.74 Å². The Morgan fingerprint density at radius 2 is 1.69 bits per heavy atom. The van der Waals surface area contributed by atoms with Crippen molar-refractivity contribution in [1.29, 1.82) is 0 Å². The lowest BCUT2D eigenvalue weighted by molar-refractivity contribution is 0.235. The summed E-state index contributed by atoms with van der Waals surface area (Å²) >= 11 is 0. The standard InChI is InChI=1S/C24H24O4S/c1-15-6-5-7-18(10-15)20-13-17(3)11-19-14-22(28-24(19)20)21-12-16(2)8-9-23(21)29(25,26)27-4/h5-13,22H,14H2,1-4H3. The van der Waals surface area contributed by atoms with E-state index in [1.807, 2.05) is 19.1 Å². The first-order valence-electron chi connectivity index (χ1n) is 9.57. The minimum atomic E-state index is -3.83. The summed E-state index contributed by atoms with van der Waals surface area (Å²) in [6.07, 6.45) is 0.237. The van der Waals surface area contributed by atoms with Crippen LogP contribution < -0.4 is 4.74 Å². The number of rotatable bonds is 4. The van der Waals surface area contributed by atoms with E-state index in [0.29, 0.717) is 12.0 Å². The highest BCUT2D eigenvalue weighted by molar-refractivity contribution is 7.86. The zero-order valence-electron chi connectivity index (χ0n) is 17.0. The zero-order valence-corrected chi connectivity index (χ0v) is 17.8. The molecule has 1 heterocycles. The molecule has 0 aliphatic carbocycles. The Labute approximate surface area is 172 Å². The topological polar surface area (TPSA) is 52.6 Å². The van der Waals surface area contributed by atoms with Crippen molar-refractivity contribution in [1.82, 2.24) is 0 Å². The smallest absolute Gasteiger partial charge is 0.297 e. The van der Waals surface area contributed by atoms with Crippen molar-refractivity contribution in [2.24, 2.45) is 0 Å². The number of ether oxygens (including phenoxy) is 1. The van der Waals surface area contributed by atoms with Crippen LogP contribution in [0.3, 0.4) is 0 Å². The van der Waals surface area contributed by atoms with E-state index in [0.717, 1.165) is 33.6 Å². The molecule has 0 spiro atoms. The summed E-state index contributed by atoms with van der Waals surface area (Å²) in [7, 11) is -2.64. The average Bonchev–Trinajstić information content (AvgIpc) is 3.11. The maximum absolute atomic E-state index is 12.5. The van der Waals surface area contributed by atoms with Gasteiger partial charge in [-0.15, -0.1) is 0 Å². The van der Waals surface area contributed by atoms with Crippen LogP contribution in [0.1, 0.15) is 33.9 Å². The van der Waals surface area contributed by atoms with Gasteiger partial charge in [0.15, 0.2) is 0 Å². The molecule has 1 atom stereocenters. The molecule has 29 heavy (non-hydrogen) atoms. The van der Waals surface area contributed by atoms with Crippen LogP contribution in [-0.2, 0) is 20.7 Å². The Bertz CT molecular complexity index is 1200. The van der Waals surface area contributed by atoms with Crippen molar-refractivity contribution in [3.05, 3.63) is 82.4 Å². The van der Waals surface area contributed by atoms with Gasteiger partial charge in [0.2, 0.25) is 0 Å². The van der Waals surface area contributed by atoms with E-state index in [9.17, 15) is 8.42 Å². The molecule has 3 aromatic rings. The third-order valence-electron chi connectivity index (χ3n) is 5.31. The van der Waals surface area contributed by atoms with Gasteiger partial charge in [-0.2, -0.15) is 8.42 Å². The Balaban J connectivity index is 1.82. The van der Waals surface area contributed by atoms with Gasteiger partial charge in [-0.05, 0) is 49.6 Å². The van der Waals surface area contributed by atoms with Gasteiger partial charge in [-0.25, -0.2) is 0 Å². The molecule has 1 unspecified atom stereocenters. The highest BCUT2D eigenvalue weighted by Gasteiger charge is 2.32. The fraction of sp³-hybridized carbons (Fsp3) is 0.250. The molecule has 0 fully saturated rings. The molecule has 0 aromatic heterocycles. The lowest BCUT2D eigenvalue weighted by atomic mass is 9.96. The number of hydrogen-bond acceptors (Lipinski definition) is 4. The third kappa shape index (κ3) is 3.68. The Morgan fingerprint density at radius 1 is 0.931 bits per heavy atom. The van der Waals surface area contributed by atoms with Gasteiger partial charge in [0.1, 0.15) is 16.7 Å². The highest BCUT2D eigenvalue weighted by Crippen LogP contribution is 2.45. The number of fused-ring (bicyclic) bond motifs is 1. The van der Waals surface area contributed by atoms with Gasteiger partial charge in [-0.1, -0.05) is 53.6 Å². The molecule has 5 heteroatoms. The average molecular weight is 409 g/mol. The molecule has 0 N–H and O–H groups in total. The summed E-state index contributed by atoms with van der Waals surface area (Å²) in [5.41, 5.74) is 7.17. The first kappa shape index (κ1) is 19.7. The van der Waals surface area contributed by atoms with E-state index >= 15 is 0 Å². The van der Waals surface area contributed by atoms with Crippen molar-refractivity contribution < 1.29 is 17.3 Å². The molecule has 3 aromatic carbocycles. The first-order valence-corrected chi connectivity index (χ1v) is 11.0. The Hall–Kier alpha value is -2.63. The van der Waals surface area contributed by atoms with Crippen molar-refractivity contribution in [3.63, 3.8) is 0 Å². The first-order chi connectivity index (χ1) is 13.8. The van der Waals surface area contributed by atoms with Crippen molar-refractivity contribution in [2.75, 3.05) is 7.11 Å². The van der Waals surface area contributed by atoms with Gasteiger partial charge in [0.05, 0.1) is 7.11 Å². The minimum Gasteiger partial charge on any atom is -0.484 e. The lowest BCUT2D eigenvalue weighted by Crippen LogP contribution is -2.12. The molecule has 4 rings (SSSR count). The van der Waals surface area contributed by atoms with Gasteiger partial charge in [-0.3, -0.25) is 4.18 Å². The van der Waals surface area contributed by atoms with Crippen LogP contribution in [-0.4, -0.2) is 15.5 Å². The second kappa shape index (κ2) is 7.32. The van der Waals surface area contributed by atoms with Crippen LogP contribution in [0.4, 0.5) is 0 Å². The molecule has 0 amide bonds. The van der Waals surface area contributed by atoms with Crippen molar-refractivity contribution >= 4 is 10.1 Å². The van der Waals surface area contributed by atoms with Gasteiger partial charge >= 0.3 is 0 Å². The van der Waals surface area contributed by atoms with Crippen LogP contribution in [0.5, 0.6) is 5.75 Å². The summed E-state index contributed by atoms with van der Waals surface area (Å²) in [4.78, 5) is 0.164.